The van der Waals surface area contributed by atoms with Gasteiger partial charge in [0.2, 0.25) is 5.91 Å². The number of benzene rings is 1. The smallest absolute Gasteiger partial charge is 0.220 e. The van der Waals surface area contributed by atoms with E-state index in [0.29, 0.717) is 19.6 Å². The molecule has 0 aliphatic carbocycles. The molecule has 1 aromatic carbocycles. The van der Waals surface area contributed by atoms with Gasteiger partial charge in [-0.1, -0.05) is 12.1 Å². The molecule has 1 heterocycles. The Hall–Kier alpha value is -1.55. The van der Waals surface area contributed by atoms with E-state index in [4.69, 9.17) is 10.5 Å². The topological polar surface area (TPSA) is 64.3 Å². The molecule has 1 aromatic rings. The van der Waals surface area contributed by atoms with E-state index in [1.807, 2.05) is 13.8 Å². The summed E-state index contributed by atoms with van der Waals surface area (Å²) in [4.78, 5) is 11.1. The molecule has 0 bridgehead atoms. The lowest BCUT2D eigenvalue weighted by molar-refractivity contribution is -0.119. The molecule has 1 aliphatic rings. The Morgan fingerprint density at radius 2 is 2.06 bits per heavy atom. The minimum atomic E-state index is 0.121. The van der Waals surface area contributed by atoms with Crippen LogP contribution in [-0.4, -0.2) is 18.6 Å². The van der Waals surface area contributed by atoms with Crippen molar-refractivity contribution in [2.45, 2.75) is 39.3 Å². The summed E-state index contributed by atoms with van der Waals surface area (Å²) >= 11 is 0. The third kappa shape index (κ3) is 2.82. The molecule has 1 saturated heterocycles. The molecule has 4 nitrogen and oxygen atoms in total. The lowest BCUT2D eigenvalue weighted by Gasteiger charge is -2.16. The van der Waals surface area contributed by atoms with Crippen LogP contribution >= 0.6 is 0 Å². The van der Waals surface area contributed by atoms with Crippen LogP contribution in [0.4, 0.5) is 0 Å². The third-order valence-corrected chi connectivity index (χ3v) is 3.27. The normalized spacial score (nSPS) is 18.8. The summed E-state index contributed by atoms with van der Waals surface area (Å²) in [5.41, 5.74) is 8.95. The predicted octanol–water partition coefficient (Wildman–Crippen LogP) is 1.42. The first-order valence-electron chi connectivity index (χ1n) is 6.32. The van der Waals surface area contributed by atoms with E-state index in [1.165, 1.54) is 0 Å². The first-order valence-corrected chi connectivity index (χ1v) is 6.32. The van der Waals surface area contributed by atoms with Crippen LogP contribution in [0.15, 0.2) is 12.1 Å². The molecular weight excluding hydrogens is 228 g/mol. The van der Waals surface area contributed by atoms with E-state index in [0.717, 1.165) is 28.9 Å². The number of nitrogens with two attached hydrogens (primary N) is 1. The first kappa shape index (κ1) is 12.9. The van der Waals surface area contributed by atoms with Crippen LogP contribution in [0.25, 0.3) is 0 Å². The molecular formula is C14H20N2O2. The van der Waals surface area contributed by atoms with Crippen molar-refractivity contribution in [3.63, 3.8) is 0 Å². The molecule has 1 fully saturated rings. The number of ether oxygens (including phenoxy) is 1. The Morgan fingerprint density at radius 1 is 1.39 bits per heavy atom. The van der Waals surface area contributed by atoms with Crippen molar-refractivity contribution in [3.8, 4) is 5.75 Å². The van der Waals surface area contributed by atoms with Gasteiger partial charge in [-0.2, -0.15) is 0 Å². The zero-order chi connectivity index (χ0) is 13.1. The van der Waals surface area contributed by atoms with Crippen LogP contribution in [0.3, 0.4) is 0 Å². The van der Waals surface area contributed by atoms with Gasteiger partial charge in [0, 0.05) is 13.0 Å². The van der Waals surface area contributed by atoms with Gasteiger partial charge in [0.15, 0.2) is 0 Å². The van der Waals surface area contributed by atoms with Crippen LogP contribution < -0.4 is 15.8 Å². The second-order valence-corrected chi connectivity index (χ2v) is 4.88. The fourth-order valence-corrected chi connectivity index (χ4v) is 2.37. The van der Waals surface area contributed by atoms with Gasteiger partial charge in [0.05, 0.1) is 6.04 Å². The quantitative estimate of drug-likeness (QED) is 0.847. The van der Waals surface area contributed by atoms with Crippen LogP contribution in [0.5, 0.6) is 5.75 Å². The van der Waals surface area contributed by atoms with Gasteiger partial charge in [0.25, 0.3) is 0 Å². The number of carbonyl (C=O) groups excluding carboxylic acids is 1. The Kier molecular flexibility index (Phi) is 3.87. The maximum atomic E-state index is 11.1. The molecule has 1 aliphatic heterocycles. The highest BCUT2D eigenvalue weighted by atomic mass is 16.5. The molecule has 4 heteroatoms. The van der Waals surface area contributed by atoms with Crippen molar-refractivity contribution >= 4 is 5.91 Å². The average molecular weight is 248 g/mol. The Bertz CT molecular complexity index is 434. The van der Waals surface area contributed by atoms with Gasteiger partial charge in [-0.05, 0) is 37.0 Å². The zero-order valence-electron chi connectivity index (χ0n) is 11.0. The van der Waals surface area contributed by atoms with Gasteiger partial charge in [-0.15, -0.1) is 0 Å². The molecule has 0 radical (unpaired) electrons. The number of rotatable bonds is 4. The number of amides is 1. The van der Waals surface area contributed by atoms with Gasteiger partial charge in [-0.25, -0.2) is 0 Å². The number of carbonyl (C=O) groups is 1. The predicted molar refractivity (Wildman–Crippen MR) is 70.5 cm³/mol. The second-order valence-electron chi connectivity index (χ2n) is 4.88. The second kappa shape index (κ2) is 5.40. The highest BCUT2D eigenvalue weighted by Crippen LogP contribution is 2.25. The molecule has 3 N–H and O–H groups in total. The molecule has 0 aromatic heterocycles. The summed E-state index contributed by atoms with van der Waals surface area (Å²) in [6.07, 6.45) is 1.47. The molecule has 98 valence electrons. The van der Waals surface area contributed by atoms with Crippen molar-refractivity contribution in [2.24, 2.45) is 5.73 Å². The van der Waals surface area contributed by atoms with E-state index in [1.54, 1.807) is 0 Å². The SMILES string of the molecule is Cc1cc(CN)cc(C)c1OCC1CCC(=O)N1. The molecule has 1 atom stereocenters. The van der Waals surface area contributed by atoms with E-state index in [2.05, 4.69) is 17.4 Å². The lowest BCUT2D eigenvalue weighted by atomic mass is 10.1. The van der Waals surface area contributed by atoms with Crippen molar-refractivity contribution in [3.05, 3.63) is 28.8 Å². The van der Waals surface area contributed by atoms with Crippen LogP contribution in [0, 0.1) is 13.8 Å². The maximum Gasteiger partial charge on any atom is 0.220 e. The zero-order valence-corrected chi connectivity index (χ0v) is 11.0. The fourth-order valence-electron chi connectivity index (χ4n) is 2.37. The fraction of sp³-hybridized carbons (Fsp3) is 0.500. The maximum absolute atomic E-state index is 11.1. The summed E-state index contributed by atoms with van der Waals surface area (Å²) in [5.74, 6) is 1.03. The third-order valence-electron chi connectivity index (χ3n) is 3.27. The number of hydrogen-bond acceptors (Lipinski definition) is 3. The molecule has 1 amide bonds. The molecule has 2 rings (SSSR count). The number of nitrogens with one attached hydrogen (secondary N) is 1. The monoisotopic (exact) mass is 248 g/mol. The summed E-state index contributed by atoms with van der Waals surface area (Å²) in [6.45, 7) is 5.12. The first-order chi connectivity index (χ1) is 8.60. The van der Waals surface area contributed by atoms with E-state index in [-0.39, 0.29) is 11.9 Å². The Balaban J connectivity index is 2.03. The standard InChI is InChI=1S/C14H20N2O2/c1-9-5-11(7-15)6-10(2)14(9)18-8-12-3-4-13(17)16-12/h5-6,12H,3-4,7-8,15H2,1-2H3,(H,16,17). The lowest BCUT2D eigenvalue weighted by Crippen LogP contribution is -2.31. The van der Waals surface area contributed by atoms with Gasteiger partial charge in [0.1, 0.15) is 12.4 Å². The van der Waals surface area contributed by atoms with Crippen molar-refractivity contribution in [1.82, 2.24) is 5.32 Å². The minimum Gasteiger partial charge on any atom is -0.491 e. The van der Waals surface area contributed by atoms with Gasteiger partial charge >= 0.3 is 0 Å². The van der Waals surface area contributed by atoms with Crippen LogP contribution in [0.2, 0.25) is 0 Å². The van der Waals surface area contributed by atoms with Gasteiger partial charge in [-0.3, -0.25) is 4.79 Å². The van der Waals surface area contributed by atoms with Crippen molar-refractivity contribution in [1.29, 1.82) is 0 Å². The summed E-state index contributed by atoms with van der Waals surface area (Å²) in [5, 5.41) is 2.90. The van der Waals surface area contributed by atoms with E-state index >= 15 is 0 Å². The Labute approximate surface area is 108 Å². The largest absolute Gasteiger partial charge is 0.491 e. The molecule has 0 spiro atoms. The Morgan fingerprint density at radius 3 is 2.56 bits per heavy atom. The summed E-state index contributed by atoms with van der Waals surface area (Å²) in [6, 6.07) is 4.25. The number of hydrogen-bond donors (Lipinski definition) is 2. The van der Waals surface area contributed by atoms with E-state index in [9.17, 15) is 4.79 Å². The van der Waals surface area contributed by atoms with Crippen molar-refractivity contribution < 1.29 is 9.53 Å². The minimum absolute atomic E-state index is 0.121. The van der Waals surface area contributed by atoms with E-state index < -0.39 is 0 Å². The van der Waals surface area contributed by atoms with Gasteiger partial charge < -0.3 is 15.8 Å². The molecule has 0 saturated carbocycles. The highest BCUT2D eigenvalue weighted by Gasteiger charge is 2.21. The van der Waals surface area contributed by atoms with Crippen LogP contribution in [-0.2, 0) is 11.3 Å². The van der Waals surface area contributed by atoms with Crippen LogP contribution in [0.1, 0.15) is 29.5 Å². The average Bonchev–Trinajstić information content (AvgIpc) is 2.73. The van der Waals surface area contributed by atoms with Crippen molar-refractivity contribution in [2.75, 3.05) is 6.61 Å². The summed E-state index contributed by atoms with van der Waals surface area (Å²) < 4.78 is 5.84. The summed E-state index contributed by atoms with van der Waals surface area (Å²) in [7, 11) is 0. The number of aryl methyl sites for hydroxylation is 2. The highest BCUT2D eigenvalue weighted by molar-refractivity contribution is 5.78. The molecule has 18 heavy (non-hydrogen) atoms. The molecule has 1 unspecified atom stereocenters.